The van der Waals surface area contributed by atoms with Crippen molar-refractivity contribution in [1.29, 1.82) is 0 Å². The first-order chi connectivity index (χ1) is 14.0. The first-order valence-corrected chi connectivity index (χ1v) is 13.1. The number of aryl methyl sites for hydroxylation is 2. The number of hydrogen-bond acceptors (Lipinski definition) is 4. The van der Waals surface area contributed by atoms with E-state index in [2.05, 4.69) is 0 Å². The van der Waals surface area contributed by atoms with Gasteiger partial charge in [-0.1, -0.05) is 49.2 Å². The van der Waals surface area contributed by atoms with Crippen LogP contribution < -0.4 is 0 Å². The van der Waals surface area contributed by atoms with Crippen molar-refractivity contribution < 1.29 is 16.8 Å². The molecule has 0 fully saturated rings. The van der Waals surface area contributed by atoms with Gasteiger partial charge in [0.2, 0.25) is 0 Å². The molecule has 0 aromatic heterocycles. The molecule has 0 unspecified atom stereocenters. The lowest BCUT2D eigenvalue weighted by Crippen LogP contribution is -2.43. The van der Waals surface area contributed by atoms with Crippen molar-refractivity contribution in [2.45, 2.75) is 61.6 Å². The molecule has 3 rings (SSSR count). The highest BCUT2D eigenvalue weighted by Crippen LogP contribution is 2.32. The number of hydrogen-bond donors (Lipinski definition) is 0. The molecule has 162 valence electrons. The van der Waals surface area contributed by atoms with Gasteiger partial charge in [0.1, 0.15) is 0 Å². The maximum Gasteiger partial charge on any atom is 0.264 e. The number of benzene rings is 2. The lowest BCUT2D eigenvalue weighted by atomic mass is 9.98. The van der Waals surface area contributed by atoms with Crippen molar-refractivity contribution in [2.24, 2.45) is 5.92 Å². The van der Waals surface area contributed by atoms with Gasteiger partial charge >= 0.3 is 0 Å². The summed E-state index contributed by atoms with van der Waals surface area (Å²) in [5.41, 5.74) is 1.97. The van der Waals surface area contributed by atoms with E-state index in [4.69, 9.17) is 0 Å². The van der Waals surface area contributed by atoms with Gasteiger partial charge in [0.05, 0.1) is 15.0 Å². The van der Waals surface area contributed by atoms with Gasteiger partial charge in [-0.3, -0.25) is 4.31 Å². The van der Waals surface area contributed by atoms with Crippen molar-refractivity contribution in [3.63, 3.8) is 0 Å². The second kappa shape index (κ2) is 8.55. The molecule has 1 heterocycles. The Labute approximate surface area is 180 Å². The Morgan fingerprint density at radius 3 is 1.87 bits per heavy atom. The molecular formula is C23H29NO4S2. The van der Waals surface area contributed by atoms with Gasteiger partial charge < -0.3 is 0 Å². The molecule has 0 bridgehead atoms. The lowest BCUT2D eigenvalue weighted by molar-refractivity contribution is 0.313. The normalized spacial score (nSPS) is 20.0. The summed E-state index contributed by atoms with van der Waals surface area (Å²) in [4.78, 5) is 0.479. The SMILES string of the molecule is Cc1ccc(S(=O)(=O)[C@@H]2C=CN(S(=O)(=O)c3ccc(C)cc3)[C@H](CC(C)C)C2)cc1. The summed E-state index contributed by atoms with van der Waals surface area (Å²) in [5.74, 6) is 0.222. The van der Waals surface area contributed by atoms with Crippen molar-refractivity contribution >= 4 is 19.9 Å². The predicted molar refractivity (Wildman–Crippen MR) is 119 cm³/mol. The molecule has 0 saturated heterocycles. The number of sulfone groups is 1. The van der Waals surface area contributed by atoms with E-state index in [1.165, 1.54) is 16.6 Å². The fraction of sp³-hybridized carbons (Fsp3) is 0.391. The van der Waals surface area contributed by atoms with E-state index < -0.39 is 31.2 Å². The molecule has 2 aromatic rings. The predicted octanol–water partition coefficient (Wildman–Crippen LogP) is 4.47. The maximum absolute atomic E-state index is 13.3. The Balaban J connectivity index is 1.98. The van der Waals surface area contributed by atoms with E-state index in [-0.39, 0.29) is 22.1 Å². The van der Waals surface area contributed by atoms with Crippen molar-refractivity contribution in [2.75, 3.05) is 0 Å². The van der Waals surface area contributed by atoms with Crippen LogP contribution in [0.1, 0.15) is 37.8 Å². The molecular weight excluding hydrogens is 418 g/mol. The molecule has 1 aliphatic heterocycles. The highest BCUT2D eigenvalue weighted by Gasteiger charge is 2.38. The van der Waals surface area contributed by atoms with Crippen LogP contribution in [0.3, 0.4) is 0 Å². The summed E-state index contributed by atoms with van der Waals surface area (Å²) in [6.45, 7) is 7.83. The van der Waals surface area contributed by atoms with E-state index >= 15 is 0 Å². The molecule has 0 spiro atoms. The van der Waals surface area contributed by atoms with Crippen LogP contribution in [0, 0.1) is 19.8 Å². The summed E-state index contributed by atoms with van der Waals surface area (Å²) in [6.07, 6.45) is 3.77. The Bertz CT molecular complexity index is 1120. The third-order valence-electron chi connectivity index (χ3n) is 5.40. The Kier molecular flexibility index (Phi) is 6.43. The summed E-state index contributed by atoms with van der Waals surface area (Å²) in [6, 6.07) is 13.1. The van der Waals surface area contributed by atoms with Crippen LogP contribution in [0.2, 0.25) is 0 Å². The molecule has 0 radical (unpaired) electrons. The Hall–Kier alpha value is -2.12. The largest absolute Gasteiger partial charge is 0.271 e. The second-order valence-electron chi connectivity index (χ2n) is 8.41. The highest BCUT2D eigenvalue weighted by molar-refractivity contribution is 7.92. The zero-order valence-electron chi connectivity index (χ0n) is 17.8. The second-order valence-corrected chi connectivity index (χ2v) is 12.4. The van der Waals surface area contributed by atoms with E-state index in [0.717, 1.165) is 11.1 Å². The summed E-state index contributed by atoms with van der Waals surface area (Å²) in [7, 11) is -7.36. The van der Waals surface area contributed by atoms with Gasteiger partial charge in [0.15, 0.2) is 9.84 Å². The summed E-state index contributed by atoms with van der Waals surface area (Å²) < 4.78 is 54.3. The average Bonchev–Trinajstić information content (AvgIpc) is 2.68. The van der Waals surface area contributed by atoms with E-state index in [9.17, 15) is 16.8 Å². The zero-order valence-corrected chi connectivity index (χ0v) is 19.4. The standard InChI is InChI=1S/C23H29NO4S2/c1-17(2)15-20-16-23(29(25,26)21-9-5-18(3)6-10-21)13-14-24(20)30(27,28)22-11-7-19(4)8-12-22/h5-14,17,20,23H,15-16H2,1-4H3/t20-,23-/m1/s1. The molecule has 30 heavy (non-hydrogen) atoms. The quantitative estimate of drug-likeness (QED) is 0.655. The molecule has 0 saturated carbocycles. The van der Waals surface area contributed by atoms with Gasteiger partial charge in [-0.15, -0.1) is 0 Å². The van der Waals surface area contributed by atoms with Crippen LogP contribution in [0.15, 0.2) is 70.6 Å². The fourth-order valence-corrected chi connectivity index (χ4v) is 6.87. The number of sulfonamides is 1. The molecule has 1 aliphatic rings. The molecule has 5 nitrogen and oxygen atoms in total. The van der Waals surface area contributed by atoms with Gasteiger partial charge in [0, 0.05) is 12.2 Å². The van der Waals surface area contributed by atoms with Gasteiger partial charge in [0.25, 0.3) is 10.0 Å². The van der Waals surface area contributed by atoms with Crippen LogP contribution in [0.4, 0.5) is 0 Å². The first-order valence-electron chi connectivity index (χ1n) is 10.1. The Morgan fingerprint density at radius 2 is 1.37 bits per heavy atom. The number of nitrogens with zero attached hydrogens (tertiary/aromatic N) is 1. The van der Waals surface area contributed by atoms with Crippen LogP contribution in [0.25, 0.3) is 0 Å². The monoisotopic (exact) mass is 447 g/mol. The van der Waals surface area contributed by atoms with Crippen LogP contribution in [-0.2, 0) is 19.9 Å². The minimum Gasteiger partial charge on any atom is -0.271 e. The summed E-state index contributed by atoms with van der Waals surface area (Å²) in [5, 5.41) is -0.756. The minimum atomic E-state index is -3.76. The number of rotatable bonds is 6. The van der Waals surface area contributed by atoms with Crippen LogP contribution in [0.5, 0.6) is 0 Å². The third-order valence-corrected chi connectivity index (χ3v) is 9.32. The summed E-state index contributed by atoms with van der Waals surface area (Å²) >= 11 is 0. The average molecular weight is 448 g/mol. The van der Waals surface area contributed by atoms with Gasteiger partial charge in [-0.2, -0.15) is 0 Å². The van der Waals surface area contributed by atoms with Crippen molar-refractivity contribution in [3.05, 3.63) is 71.9 Å². The molecule has 2 aromatic carbocycles. The molecule has 7 heteroatoms. The molecule has 0 aliphatic carbocycles. The van der Waals surface area contributed by atoms with E-state index in [1.54, 1.807) is 48.5 Å². The topological polar surface area (TPSA) is 71.5 Å². The van der Waals surface area contributed by atoms with Crippen LogP contribution in [-0.4, -0.2) is 32.4 Å². The zero-order chi connectivity index (χ0) is 22.1. The van der Waals surface area contributed by atoms with E-state index in [1.807, 2.05) is 27.7 Å². The Morgan fingerprint density at radius 1 is 0.867 bits per heavy atom. The smallest absolute Gasteiger partial charge is 0.264 e. The molecule has 2 atom stereocenters. The highest BCUT2D eigenvalue weighted by atomic mass is 32.2. The third kappa shape index (κ3) is 4.62. The molecule has 0 amide bonds. The van der Waals surface area contributed by atoms with Gasteiger partial charge in [-0.25, -0.2) is 16.8 Å². The maximum atomic E-state index is 13.3. The van der Waals surface area contributed by atoms with Crippen molar-refractivity contribution in [1.82, 2.24) is 4.31 Å². The minimum absolute atomic E-state index is 0.214. The van der Waals surface area contributed by atoms with E-state index in [0.29, 0.717) is 6.42 Å². The van der Waals surface area contributed by atoms with Crippen molar-refractivity contribution in [3.8, 4) is 0 Å². The fourth-order valence-electron chi connectivity index (χ4n) is 3.74. The van der Waals surface area contributed by atoms with Gasteiger partial charge in [-0.05, 0) is 62.9 Å². The van der Waals surface area contributed by atoms with Crippen LogP contribution >= 0.6 is 0 Å². The molecule has 0 N–H and O–H groups in total. The first kappa shape index (κ1) is 22.6. The lowest BCUT2D eigenvalue weighted by Gasteiger charge is -2.36.